The highest BCUT2D eigenvalue weighted by molar-refractivity contribution is 5.80. The second-order valence-electron chi connectivity index (χ2n) is 3.15. The summed E-state index contributed by atoms with van der Waals surface area (Å²) in [5, 5.41) is 0. The van der Waals surface area contributed by atoms with E-state index in [-0.39, 0.29) is 5.91 Å². The van der Waals surface area contributed by atoms with Gasteiger partial charge in [0, 0.05) is 19.3 Å². The fourth-order valence-electron chi connectivity index (χ4n) is 1.48. The van der Waals surface area contributed by atoms with Crippen molar-refractivity contribution >= 4 is 11.7 Å². The maximum atomic E-state index is 10.8. The number of hydrogen-bond acceptors (Lipinski definition) is 2. The third-order valence-corrected chi connectivity index (χ3v) is 2.15. The molecule has 1 aliphatic carbocycles. The minimum absolute atomic E-state index is 0.260. The Morgan fingerprint density at radius 3 is 2.82 bits per heavy atom. The van der Waals surface area contributed by atoms with E-state index in [0.717, 1.165) is 12.8 Å². The van der Waals surface area contributed by atoms with Crippen LogP contribution >= 0.6 is 0 Å². The van der Waals surface area contributed by atoms with Crippen LogP contribution in [-0.2, 0) is 9.59 Å². The highest BCUT2D eigenvalue weighted by atomic mass is 16.1. The van der Waals surface area contributed by atoms with Crippen molar-refractivity contribution in [2.75, 3.05) is 0 Å². The molecule has 1 rings (SSSR count). The lowest BCUT2D eigenvalue weighted by Crippen LogP contribution is -2.11. The minimum Gasteiger partial charge on any atom is -0.370 e. The molecule has 2 N–H and O–H groups in total. The van der Waals surface area contributed by atoms with Gasteiger partial charge in [0.1, 0.15) is 5.78 Å². The number of hydrogen-bond donors (Lipinski definition) is 1. The molecule has 3 nitrogen and oxygen atoms in total. The lowest BCUT2D eigenvalue weighted by Gasteiger charge is -2.03. The number of carbonyl (C=O) groups excluding carboxylic acids is 2. The zero-order valence-corrected chi connectivity index (χ0v) is 6.51. The van der Waals surface area contributed by atoms with Crippen LogP contribution in [0, 0.1) is 5.92 Å². The van der Waals surface area contributed by atoms with Crippen molar-refractivity contribution in [3.8, 4) is 0 Å². The molecule has 0 aromatic rings. The van der Waals surface area contributed by atoms with Crippen LogP contribution in [0.15, 0.2) is 0 Å². The van der Waals surface area contributed by atoms with E-state index >= 15 is 0 Å². The molecule has 1 amide bonds. The summed E-state index contributed by atoms with van der Waals surface area (Å²) in [7, 11) is 0. The van der Waals surface area contributed by atoms with Crippen molar-refractivity contribution in [1.82, 2.24) is 0 Å². The quantitative estimate of drug-likeness (QED) is 0.649. The number of nitrogens with two attached hydrogens (primary N) is 1. The topological polar surface area (TPSA) is 60.2 Å². The third kappa shape index (κ3) is 2.70. The Morgan fingerprint density at radius 1 is 1.64 bits per heavy atom. The lowest BCUT2D eigenvalue weighted by molar-refractivity contribution is -0.119. The number of carbonyl (C=O) groups is 2. The van der Waals surface area contributed by atoms with Gasteiger partial charge < -0.3 is 5.73 Å². The van der Waals surface area contributed by atoms with E-state index in [4.69, 9.17) is 5.73 Å². The summed E-state index contributed by atoms with van der Waals surface area (Å²) in [6.45, 7) is 0. The number of primary amides is 1. The second-order valence-corrected chi connectivity index (χ2v) is 3.15. The van der Waals surface area contributed by atoms with Crippen LogP contribution in [0.5, 0.6) is 0 Å². The molecule has 0 radical (unpaired) electrons. The number of Topliss-reactive ketones (excluding diaryl/α,β-unsaturated/α-hetero) is 1. The smallest absolute Gasteiger partial charge is 0.217 e. The highest BCUT2D eigenvalue weighted by Crippen LogP contribution is 2.25. The summed E-state index contributed by atoms with van der Waals surface area (Å²) < 4.78 is 0. The molecular formula is C8H13NO2. The molecule has 1 aliphatic rings. The molecule has 62 valence electrons. The van der Waals surface area contributed by atoms with Crippen LogP contribution in [0.1, 0.15) is 32.1 Å². The van der Waals surface area contributed by atoms with Crippen molar-refractivity contribution < 1.29 is 9.59 Å². The third-order valence-electron chi connectivity index (χ3n) is 2.15. The Labute approximate surface area is 66.0 Å². The molecule has 1 fully saturated rings. The van der Waals surface area contributed by atoms with E-state index in [1.807, 2.05) is 0 Å². The number of ketones is 1. The van der Waals surface area contributed by atoms with Gasteiger partial charge in [-0.2, -0.15) is 0 Å². The van der Waals surface area contributed by atoms with Crippen molar-refractivity contribution in [1.29, 1.82) is 0 Å². The molecule has 0 spiro atoms. The molecule has 0 aromatic heterocycles. The van der Waals surface area contributed by atoms with Gasteiger partial charge in [-0.1, -0.05) is 0 Å². The Kier molecular flexibility index (Phi) is 2.63. The van der Waals surface area contributed by atoms with Crippen LogP contribution in [0.4, 0.5) is 0 Å². The van der Waals surface area contributed by atoms with Gasteiger partial charge in [-0.25, -0.2) is 0 Å². The van der Waals surface area contributed by atoms with E-state index < -0.39 is 0 Å². The summed E-state index contributed by atoms with van der Waals surface area (Å²) in [5.74, 6) is 0.499. The highest BCUT2D eigenvalue weighted by Gasteiger charge is 2.21. The molecule has 1 unspecified atom stereocenters. The normalized spacial score (nSPS) is 24.0. The van der Waals surface area contributed by atoms with Gasteiger partial charge >= 0.3 is 0 Å². The van der Waals surface area contributed by atoms with Crippen LogP contribution in [0.3, 0.4) is 0 Å². The fourth-order valence-corrected chi connectivity index (χ4v) is 1.48. The monoisotopic (exact) mass is 155 g/mol. The van der Waals surface area contributed by atoms with Gasteiger partial charge in [0.05, 0.1) is 0 Å². The Morgan fingerprint density at radius 2 is 2.36 bits per heavy atom. The van der Waals surface area contributed by atoms with Crippen molar-refractivity contribution in [3.05, 3.63) is 0 Å². The number of rotatable bonds is 3. The predicted octanol–water partition coefficient (Wildman–Crippen LogP) is 0.621. The van der Waals surface area contributed by atoms with Gasteiger partial charge in [-0.3, -0.25) is 9.59 Å². The van der Waals surface area contributed by atoms with E-state index in [1.54, 1.807) is 0 Å². The first-order chi connectivity index (χ1) is 5.18. The minimum atomic E-state index is -0.260. The maximum Gasteiger partial charge on any atom is 0.217 e. The Bertz CT molecular complexity index is 177. The van der Waals surface area contributed by atoms with Gasteiger partial charge in [0.2, 0.25) is 5.91 Å². The van der Waals surface area contributed by atoms with Crippen LogP contribution in [-0.4, -0.2) is 11.7 Å². The summed E-state index contributed by atoms with van der Waals surface area (Å²) >= 11 is 0. The van der Waals surface area contributed by atoms with Gasteiger partial charge in [0.25, 0.3) is 0 Å². The van der Waals surface area contributed by atoms with Crippen molar-refractivity contribution in [3.63, 3.8) is 0 Å². The summed E-state index contributed by atoms with van der Waals surface area (Å²) in [6, 6.07) is 0. The molecule has 1 atom stereocenters. The molecule has 0 saturated heterocycles. The standard InChI is InChI=1S/C8H13NO2/c9-8(11)4-2-6-1-3-7(10)5-6/h6H,1-5H2,(H2,9,11). The molecule has 3 heteroatoms. The molecule has 0 aliphatic heterocycles. The molecule has 0 heterocycles. The number of amides is 1. The average molecular weight is 155 g/mol. The Hall–Kier alpha value is -0.860. The van der Waals surface area contributed by atoms with E-state index in [9.17, 15) is 9.59 Å². The van der Waals surface area contributed by atoms with Crippen LogP contribution in [0.25, 0.3) is 0 Å². The van der Waals surface area contributed by atoms with Crippen LogP contribution in [0.2, 0.25) is 0 Å². The summed E-state index contributed by atoms with van der Waals surface area (Å²) in [5.41, 5.74) is 4.98. The van der Waals surface area contributed by atoms with Gasteiger partial charge in [-0.05, 0) is 18.8 Å². The lowest BCUT2D eigenvalue weighted by atomic mass is 10.0. The first kappa shape index (κ1) is 8.24. The van der Waals surface area contributed by atoms with Crippen LogP contribution < -0.4 is 5.73 Å². The van der Waals surface area contributed by atoms with Gasteiger partial charge in [-0.15, -0.1) is 0 Å². The van der Waals surface area contributed by atoms with Crippen molar-refractivity contribution in [2.45, 2.75) is 32.1 Å². The first-order valence-corrected chi connectivity index (χ1v) is 3.98. The van der Waals surface area contributed by atoms with E-state index in [0.29, 0.717) is 31.0 Å². The van der Waals surface area contributed by atoms with E-state index in [2.05, 4.69) is 0 Å². The zero-order chi connectivity index (χ0) is 8.27. The Balaban J connectivity index is 2.18. The molecule has 0 bridgehead atoms. The zero-order valence-electron chi connectivity index (χ0n) is 6.51. The van der Waals surface area contributed by atoms with Gasteiger partial charge in [0.15, 0.2) is 0 Å². The van der Waals surface area contributed by atoms with E-state index in [1.165, 1.54) is 0 Å². The summed E-state index contributed by atoms with van der Waals surface area (Å²) in [4.78, 5) is 21.2. The SMILES string of the molecule is NC(=O)CCC1CCC(=O)C1. The molecule has 11 heavy (non-hydrogen) atoms. The molecular weight excluding hydrogens is 142 g/mol. The second kappa shape index (κ2) is 3.51. The van der Waals surface area contributed by atoms with Crippen molar-refractivity contribution in [2.24, 2.45) is 11.7 Å². The molecule has 0 aromatic carbocycles. The first-order valence-electron chi connectivity index (χ1n) is 3.98. The maximum absolute atomic E-state index is 10.8. The largest absolute Gasteiger partial charge is 0.370 e. The predicted molar refractivity (Wildman–Crippen MR) is 40.8 cm³/mol. The molecule has 1 saturated carbocycles. The fraction of sp³-hybridized carbons (Fsp3) is 0.750. The summed E-state index contributed by atoms with van der Waals surface area (Å²) in [6.07, 6.45) is 3.53. The average Bonchev–Trinajstić information content (AvgIpc) is 2.31.